The van der Waals surface area contributed by atoms with E-state index in [1.165, 1.54) is 23.0 Å². The molecule has 2 aromatic carbocycles. The third-order valence-corrected chi connectivity index (χ3v) is 9.88. The van der Waals surface area contributed by atoms with Crippen LogP contribution in [0.15, 0.2) is 63.5 Å². The largest absolute Gasteiger partial charge is 0.457 e. The predicted molar refractivity (Wildman–Crippen MR) is 169 cm³/mol. The van der Waals surface area contributed by atoms with Gasteiger partial charge >= 0.3 is 17.9 Å². The Labute approximate surface area is 277 Å². The summed E-state index contributed by atoms with van der Waals surface area (Å²) in [6.45, 7) is 7.32. The zero-order chi connectivity index (χ0) is 33.8. The Morgan fingerprint density at radius 3 is 2.40 bits per heavy atom. The maximum atomic E-state index is 15.4. The quantitative estimate of drug-likeness (QED) is 0.138. The third-order valence-electron chi connectivity index (χ3n) is 8.04. The molecule has 1 amide bonds. The molecule has 3 atom stereocenters. The molecule has 0 radical (unpaired) electrons. The number of alkyl halides is 3. The molecule has 2 aliphatic rings. The monoisotopic (exact) mass is 736 g/mol. The Bertz CT molecular complexity index is 1950. The van der Waals surface area contributed by atoms with E-state index in [1.54, 1.807) is 29.7 Å². The number of piperazine rings is 1. The molecule has 6 rings (SSSR count). The first kappa shape index (κ1) is 32.9. The van der Waals surface area contributed by atoms with Gasteiger partial charge in [0.25, 0.3) is 0 Å². The van der Waals surface area contributed by atoms with E-state index in [-0.39, 0.29) is 63.4 Å². The molecule has 1 saturated heterocycles. The van der Waals surface area contributed by atoms with Crippen molar-refractivity contribution in [1.29, 1.82) is 0 Å². The number of hydrogen-bond donors (Lipinski definition) is 0. The van der Waals surface area contributed by atoms with Crippen LogP contribution in [0.1, 0.15) is 19.4 Å². The lowest BCUT2D eigenvalue weighted by Gasteiger charge is -2.44. The van der Waals surface area contributed by atoms with E-state index < -0.39 is 58.4 Å². The van der Waals surface area contributed by atoms with Crippen molar-refractivity contribution >= 4 is 50.3 Å². The fourth-order valence-electron chi connectivity index (χ4n) is 6.18. The second kappa shape index (κ2) is 12.5. The van der Waals surface area contributed by atoms with Gasteiger partial charge in [-0.05, 0) is 54.1 Å². The maximum absolute atomic E-state index is 15.4. The predicted octanol–water partition coefficient (Wildman–Crippen LogP) is 6.08. The number of ether oxygens (including phenoxy) is 1. The summed E-state index contributed by atoms with van der Waals surface area (Å²) in [6.07, 6.45) is -1.70. The van der Waals surface area contributed by atoms with Gasteiger partial charge in [0.15, 0.2) is 0 Å². The molecule has 0 bridgehead atoms. The van der Waals surface area contributed by atoms with Gasteiger partial charge < -0.3 is 14.5 Å². The number of carbonyl (C=O) groups excluding carboxylic acids is 1. The van der Waals surface area contributed by atoms with Crippen LogP contribution in [0.4, 0.5) is 27.8 Å². The molecule has 4 heterocycles. The summed E-state index contributed by atoms with van der Waals surface area (Å²) in [4.78, 5) is 42.0. The number of nitrogens with zero attached hydrogens (tertiary/aromatic N) is 6. The van der Waals surface area contributed by atoms with Crippen LogP contribution in [-0.2, 0) is 17.5 Å². The fraction of sp³-hybridized carbons (Fsp3) is 0.323. The van der Waals surface area contributed by atoms with Crippen molar-refractivity contribution in [3.63, 3.8) is 0 Å². The lowest BCUT2D eigenvalue weighted by Crippen LogP contribution is -2.58. The second-order valence-corrected chi connectivity index (χ2v) is 13.1. The highest BCUT2D eigenvalue weighted by atomic mass is 79.9. The van der Waals surface area contributed by atoms with Crippen LogP contribution in [0.5, 0.6) is 6.01 Å². The summed E-state index contributed by atoms with van der Waals surface area (Å²) < 4.78 is 81.7. The molecule has 47 heavy (non-hydrogen) atoms. The Hall–Kier alpha value is -4.05. The van der Waals surface area contributed by atoms with Crippen molar-refractivity contribution in [1.82, 2.24) is 24.4 Å². The summed E-state index contributed by atoms with van der Waals surface area (Å²) in [6, 6.07) is 3.11. The molecule has 1 fully saturated rings. The molecule has 0 aliphatic carbocycles. The highest BCUT2D eigenvalue weighted by Gasteiger charge is 2.40. The first-order valence-corrected chi connectivity index (χ1v) is 16.2. The summed E-state index contributed by atoms with van der Waals surface area (Å²) in [5, 5.41) is 0.00395. The zero-order valence-corrected chi connectivity index (χ0v) is 27.3. The average molecular weight is 738 g/mol. The number of halogens is 6. The van der Waals surface area contributed by atoms with Crippen LogP contribution in [-0.4, -0.2) is 67.4 Å². The molecule has 16 heteroatoms. The number of carbonyl (C=O) groups is 1. The van der Waals surface area contributed by atoms with Gasteiger partial charge in [-0.2, -0.15) is 18.2 Å². The lowest BCUT2D eigenvalue weighted by atomic mass is 9.95. The van der Waals surface area contributed by atoms with Crippen LogP contribution < -0.4 is 15.3 Å². The molecule has 0 unspecified atom stereocenters. The van der Waals surface area contributed by atoms with Gasteiger partial charge in [-0.15, -0.1) is 11.8 Å². The Kier molecular flexibility index (Phi) is 8.76. The van der Waals surface area contributed by atoms with E-state index in [4.69, 9.17) is 4.74 Å². The molecule has 9 nitrogen and oxygen atoms in total. The molecule has 0 saturated carbocycles. The van der Waals surface area contributed by atoms with E-state index >= 15 is 17.6 Å². The molecule has 2 aromatic heterocycles. The average Bonchev–Trinajstić information content (AvgIpc) is 3.20. The molecular formula is C31H26BrF5N6O3S. The number of hydrogen-bond acceptors (Lipinski definition) is 8. The van der Waals surface area contributed by atoms with Gasteiger partial charge in [0.2, 0.25) is 5.91 Å². The maximum Gasteiger partial charge on any atom is 0.417 e. The minimum Gasteiger partial charge on any atom is -0.457 e. The Morgan fingerprint density at radius 1 is 1.09 bits per heavy atom. The molecule has 4 aromatic rings. The van der Waals surface area contributed by atoms with E-state index in [2.05, 4.69) is 37.5 Å². The van der Waals surface area contributed by atoms with Gasteiger partial charge in [0.05, 0.1) is 22.1 Å². The zero-order valence-electron chi connectivity index (χ0n) is 24.9. The van der Waals surface area contributed by atoms with Gasteiger partial charge in [0, 0.05) is 70.8 Å². The lowest BCUT2D eigenvalue weighted by molar-refractivity contribution is -0.137. The minimum absolute atomic E-state index is 0.00226. The van der Waals surface area contributed by atoms with Gasteiger partial charge in [0.1, 0.15) is 23.6 Å². The number of aromatic nitrogens is 4. The van der Waals surface area contributed by atoms with E-state index in [0.717, 1.165) is 23.9 Å². The molecule has 2 aliphatic heterocycles. The fourth-order valence-corrected chi connectivity index (χ4v) is 7.77. The smallest absolute Gasteiger partial charge is 0.417 e. The van der Waals surface area contributed by atoms with Crippen LogP contribution in [0.3, 0.4) is 0 Å². The summed E-state index contributed by atoms with van der Waals surface area (Å²) in [5.41, 5.74) is -2.91. The Morgan fingerprint density at radius 2 is 1.77 bits per heavy atom. The van der Waals surface area contributed by atoms with Gasteiger partial charge in [-0.25, -0.2) is 23.5 Å². The molecule has 0 N–H and O–H groups in total. The molecule has 0 spiro atoms. The van der Waals surface area contributed by atoms with Crippen molar-refractivity contribution in [3.05, 3.63) is 81.5 Å². The van der Waals surface area contributed by atoms with Crippen molar-refractivity contribution in [3.8, 4) is 17.1 Å². The van der Waals surface area contributed by atoms with Crippen molar-refractivity contribution < 1.29 is 31.5 Å². The van der Waals surface area contributed by atoms with Crippen molar-refractivity contribution in [2.24, 2.45) is 0 Å². The topological polar surface area (TPSA) is 93.5 Å². The highest BCUT2D eigenvalue weighted by Crippen LogP contribution is 2.49. The first-order valence-electron chi connectivity index (χ1n) is 14.4. The SMILES string of the molecule is C=CC(=O)N1[C@H](C)CN(c2nc(=O)n3c4c(c(-c5cc(Br)c(F)cc5F)c(C(F)(F)F)cc24)SC[C@@H](Oc2ncccn2)C3)C[C@@H]1C. The molecular weight excluding hydrogens is 711 g/mol. The highest BCUT2D eigenvalue weighted by molar-refractivity contribution is 9.10. The van der Waals surface area contributed by atoms with Crippen molar-refractivity contribution in [2.45, 2.75) is 49.7 Å². The number of rotatable bonds is 5. The van der Waals surface area contributed by atoms with Gasteiger partial charge in [-0.3, -0.25) is 9.36 Å². The van der Waals surface area contributed by atoms with E-state index in [0.29, 0.717) is 6.07 Å². The minimum atomic E-state index is -5.00. The van der Waals surface area contributed by atoms with Crippen LogP contribution in [0.2, 0.25) is 0 Å². The van der Waals surface area contributed by atoms with Gasteiger partial charge in [-0.1, -0.05) is 6.58 Å². The second-order valence-electron chi connectivity index (χ2n) is 11.2. The molecule has 246 valence electrons. The summed E-state index contributed by atoms with van der Waals surface area (Å²) >= 11 is 3.92. The third kappa shape index (κ3) is 6.08. The van der Waals surface area contributed by atoms with Crippen molar-refractivity contribution in [2.75, 3.05) is 23.7 Å². The number of anilines is 1. The summed E-state index contributed by atoms with van der Waals surface area (Å²) in [7, 11) is 0. The first-order chi connectivity index (χ1) is 22.3. The number of thioether (sulfide) groups is 1. The number of amides is 1. The Balaban J connectivity index is 1.62. The summed E-state index contributed by atoms with van der Waals surface area (Å²) in [5.74, 6) is -2.48. The number of benzene rings is 2. The normalized spacial score (nSPS) is 19.9. The van der Waals surface area contributed by atoms with E-state index in [1.807, 2.05) is 0 Å². The van der Waals surface area contributed by atoms with Crippen LogP contribution >= 0.6 is 27.7 Å². The van der Waals surface area contributed by atoms with Crippen LogP contribution in [0, 0.1) is 11.6 Å². The van der Waals surface area contributed by atoms with E-state index in [9.17, 15) is 14.0 Å². The standard InChI is InChI=1S/C31H26BrF5N6O3S/c1-4-24(44)43-15(2)11-41(12-16(43)3)28-19-8-20(31(35,36)37)25(18-9-21(32)23(34)10-22(18)33)27-26(19)42(30(45)40-28)13-17(14-47-27)46-29-38-6-5-7-39-29/h4-10,15-17H,1,11-14H2,2-3H3/t15-,16+,17-/m0/s1. The van der Waals surface area contributed by atoms with Crippen LogP contribution in [0.25, 0.3) is 22.0 Å².